The van der Waals surface area contributed by atoms with E-state index in [1.54, 1.807) is 0 Å². The van der Waals surface area contributed by atoms with Crippen LogP contribution in [0.15, 0.2) is 28.9 Å². The molecule has 2 amide bonds. The second kappa shape index (κ2) is 7.82. The zero-order valence-electron chi connectivity index (χ0n) is 16.4. The summed E-state index contributed by atoms with van der Waals surface area (Å²) < 4.78 is 84.0. The summed E-state index contributed by atoms with van der Waals surface area (Å²) in [7, 11) is 0. The molecule has 4 rings (SSSR count). The molecule has 1 heterocycles. The normalized spacial score (nSPS) is 16.7. The van der Waals surface area contributed by atoms with Crippen LogP contribution in [0.3, 0.4) is 0 Å². The van der Waals surface area contributed by atoms with Gasteiger partial charge < -0.3 is 14.6 Å². The van der Waals surface area contributed by atoms with Crippen LogP contribution in [-0.4, -0.2) is 33.8 Å². The molecule has 2 fully saturated rings. The Morgan fingerprint density at radius 2 is 1.59 bits per heavy atom. The predicted molar refractivity (Wildman–Crippen MR) is 96.3 cm³/mol. The zero-order valence-corrected chi connectivity index (χ0v) is 16.4. The van der Waals surface area contributed by atoms with E-state index in [4.69, 9.17) is 4.42 Å². The Morgan fingerprint density at radius 3 is 2.09 bits per heavy atom. The van der Waals surface area contributed by atoms with E-state index < -0.39 is 40.9 Å². The summed E-state index contributed by atoms with van der Waals surface area (Å²) in [6, 6.07) is 0.475. The molecule has 2 aliphatic carbocycles. The maximum absolute atomic E-state index is 13.1. The molecule has 1 aromatic carbocycles. The van der Waals surface area contributed by atoms with Crippen LogP contribution in [0.1, 0.15) is 63.5 Å². The van der Waals surface area contributed by atoms with Gasteiger partial charge in [0.1, 0.15) is 6.26 Å². The highest BCUT2D eigenvalue weighted by atomic mass is 19.4. The first-order valence-corrected chi connectivity index (χ1v) is 9.77. The van der Waals surface area contributed by atoms with Crippen LogP contribution in [0, 0.1) is 0 Å². The number of carbonyl (C=O) groups is 2. The van der Waals surface area contributed by atoms with Gasteiger partial charge in [-0.1, -0.05) is 0 Å². The molecule has 0 unspecified atom stereocenters. The minimum Gasteiger partial charge on any atom is -0.446 e. The number of halogens is 6. The van der Waals surface area contributed by atoms with Crippen molar-refractivity contribution in [3.05, 3.63) is 52.7 Å². The van der Waals surface area contributed by atoms with Gasteiger partial charge in [-0.25, -0.2) is 4.98 Å². The minimum atomic E-state index is -5.06. The van der Waals surface area contributed by atoms with Crippen molar-refractivity contribution in [2.75, 3.05) is 0 Å². The molecular formula is C20H17F6N3O3. The Kier molecular flexibility index (Phi) is 5.41. The maximum Gasteiger partial charge on any atom is 0.416 e. The molecule has 1 N–H and O–H groups in total. The van der Waals surface area contributed by atoms with Gasteiger partial charge in [-0.2, -0.15) is 26.3 Å². The van der Waals surface area contributed by atoms with Crippen molar-refractivity contribution >= 4 is 11.8 Å². The average molecular weight is 461 g/mol. The molecule has 0 radical (unpaired) electrons. The summed E-state index contributed by atoms with van der Waals surface area (Å²) >= 11 is 0. The first-order chi connectivity index (χ1) is 14.9. The van der Waals surface area contributed by atoms with Gasteiger partial charge in [-0.15, -0.1) is 0 Å². The number of carbonyl (C=O) groups excluding carboxylic acids is 2. The fourth-order valence-electron chi connectivity index (χ4n) is 3.12. The summed E-state index contributed by atoms with van der Waals surface area (Å²) in [5.41, 5.74) is -3.89. The SMILES string of the molecule is O=C(NC1CC1)c1coc(CN(C(=O)c2cc(C(F)(F)F)cc(C(F)(F)F)c2)C2CC2)n1. The third-order valence-corrected chi connectivity index (χ3v) is 5.09. The number of benzene rings is 1. The molecule has 172 valence electrons. The van der Waals surface area contributed by atoms with Crippen LogP contribution >= 0.6 is 0 Å². The number of nitrogens with one attached hydrogen (secondary N) is 1. The number of oxazole rings is 1. The van der Waals surface area contributed by atoms with Crippen LogP contribution in [-0.2, 0) is 18.9 Å². The second-order valence-electron chi connectivity index (χ2n) is 7.83. The average Bonchev–Trinajstić information content (AvgIpc) is 3.64. The van der Waals surface area contributed by atoms with Crippen molar-refractivity contribution in [3.63, 3.8) is 0 Å². The zero-order chi connectivity index (χ0) is 23.3. The van der Waals surface area contributed by atoms with E-state index in [1.807, 2.05) is 0 Å². The lowest BCUT2D eigenvalue weighted by atomic mass is 10.0. The van der Waals surface area contributed by atoms with Crippen molar-refractivity contribution in [2.24, 2.45) is 0 Å². The Balaban J connectivity index is 1.59. The van der Waals surface area contributed by atoms with E-state index in [-0.39, 0.29) is 36.3 Å². The smallest absolute Gasteiger partial charge is 0.416 e. The molecule has 2 aliphatic rings. The lowest BCUT2D eigenvalue weighted by molar-refractivity contribution is -0.143. The van der Waals surface area contributed by atoms with Gasteiger partial charge in [-0.3, -0.25) is 9.59 Å². The molecule has 0 saturated heterocycles. The van der Waals surface area contributed by atoms with Gasteiger partial charge in [0.25, 0.3) is 11.8 Å². The Bertz CT molecular complexity index is 1010. The molecule has 2 saturated carbocycles. The molecule has 1 aromatic heterocycles. The number of nitrogens with zero attached hydrogens (tertiary/aromatic N) is 2. The van der Waals surface area contributed by atoms with Crippen molar-refractivity contribution < 1.29 is 40.3 Å². The summed E-state index contributed by atoms with van der Waals surface area (Å²) in [6.45, 7) is -0.294. The monoisotopic (exact) mass is 461 g/mol. The maximum atomic E-state index is 13.1. The van der Waals surface area contributed by atoms with Crippen molar-refractivity contribution in [1.82, 2.24) is 15.2 Å². The predicted octanol–water partition coefficient (Wildman–Crippen LogP) is 4.41. The number of amides is 2. The molecule has 0 bridgehead atoms. The molecule has 0 aliphatic heterocycles. The number of alkyl halides is 6. The van der Waals surface area contributed by atoms with E-state index in [0.717, 1.165) is 24.0 Å². The summed E-state index contributed by atoms with van der Waals surface area (Å²) in [4.78, 5) is 30.1. The standard InChI is InChI=1S/C20H17F6N3O3/c21-19(22,23)11-5-10(6-12(7-11)20(24,25)26)18(31)29(14-3-4-14)8-16-28-15(9-32-16)17(30)27-13-1-2-13/h5-7,9,13-14H,1-4,8H2,(H,27,30). The third-order valence-electron chi connectivity index (χ3n) is 5.09. The highest BCUT2D eigenvalue weighted by Gasteiger charge is 2.40. The van der Waals surface area contributed by atoms with Gasteiger partial charge >= 0.3 is 12.4 Å². The van der Waals surface area contributed by atoms with Crippen LogP contribution < -0.4 is 5.32 Å². The highest BCUT2D eigenvalue weighted by Crippen LogP contribution is 2.37. The van der Waals surface area contributed by atoms with Crippen molar-refractivity contribution in [3.8, 4) is 0 Å². The van der Waals surface area contributed by atoms with Crippen molar-refractivity contribution in [2.45, 2.75) is 56.7 Å². The van der Waals surface area contributed by atoms with Crippen LogP contribution in [0.25, 0.3) is 0 Å². The van der Waals surface area contributed by atoms with Crippen LogP contribution in [0.5, 0.6) is 0 Å². The molecule has 2 aromatic rings. The molecule has 0 spiro atoms. The molecule has 0 atom stereocenters. The quantitative estimate of drug-likeness (QED) is 0.647. The third kappa shape index (κ3) is 5.05. The Morgan fingerprint density at radius 1 is 1.00 bits per heavy atom. The van der Waals surface area contributed by atoms with E-state index in [0.29, 0.717) is 25.0 Å². The first-order valence-electron chi connectivity index (χ1n) is 9.77. The fraction of sp³-hybridized carbons (Fsp3) is 0.450. The summed E-state index contributed by atoms with van der Waals surface area (Å²) in [5, 5.41) is 2.71. The molecule has 32 heavy (non-hydrogen) atoms. The van der Waals surface area contributed by atoms with Gasteiger partial charge in [0, 0.05) is 17.6 Å². The van der Waals surface area contributed by atoms with Gasteiger partial charge in [0.05, 0.1) is 17.7 Å². The molecule has 6 nitrogen and oxygen atoms in total. The van der Waals surface area contributed by atoms with Gasteiger partial charge in [0.2, 0.25) is 5.89 Å². The first kappa shape index (κ1) is 22.2. The van der Waals surface area contributed by atoms with E-state index >= 15 is 0 Å². The topological polar surface area (TPSA) is 75.4 Å². The van der Waals surface area contributed by atoms with Gasteiger partial charge in [-0.05, 0) is 43.9 Å². The number of hydrogen-bond donors (Lipinski definition) is 1. The van der Waals surface area contributed by atoms with E-state index in [9.17, 15) is 35.9 Å². The minimum absolute atomic E-state index is 0.0199. The van der Waals surface area contributed by atoms with Crippen LogP contribution in [0.2, 0.25) is 0 Å². The van der Waals surface area contributed by atoms with Gasteiger partial charge in [0.15, 0.2) is 5.69 Å². The number of hydrogen-bond acceptors (Lipinski definition) is 4. The Labute approximate surface area is 177 Å². The fourth-order valence-corrected chi connectivity index (χ4v) is 3.12. The number of rotatable bonds is 6. The summed E-state index contributed by atoms with van der Waals surface area (Å²) in [6.07, 6.45) is -6.25. The molecular weight excluding hydrogens is 444 g/mol. The van der Waals surface area contributed by atoms with Crippen molar-refractivity contribution in [1.29, 1.82) is 0 Å². The van der Waals surface area contributed by atoms with E-state index in [2.05, 4.69) is 10.3 Å². The van der Waals surface area contributed by atoms with Crippen LogP contribution in [0.4, 0.5) is 26.3 Å². The lowest BCUT2D eigenvalue weighted by Gasteiger charge is -2.22. The number of aromatic nitrogens is 1. The lowest BCUT2D eigenvalue weighted by Crippen LogP contribution is -2.33. The Hall–Kier alpha value is -3.05. The highest BCUT2D eigenvalue weighted by molar-refractivity contribution is 5.95. The van der Waals surface area contributed by atoms with E-state index in [1.165, 1.54) is 0 Å². The second-order valence-corrected chi connectivity index (χ2v) is 7.83. The largest absolute Gasteiger partial charge is 0.446 e. The summed E-state index contributed by atoms with van der Waals surface area (Å²) in [5.74, 6) is -1.51. The molecule has 12 heteroatoms.